The fourth-order valence-electron chi connectivity index (χ4n) is 2.16. The molecule has 0 bridgehead atoms. The minimum absolute atomic E-state index is 0.0246. The van der Waals surface area contributed by atoms with E-state index in [1.54, 1.807) is 13.8 Å². The molecule has 1 aromatic rings. The van der Waals surface area contributed by atoms with Crippen molar-refractivity contribution in [2.75, 3.05) is 26.5 Å². The first-order valence-corrected chi connectivity index (χ1v) is 12.3. The third kappa shape index (κ3) is 5.46. The molecule has 0 aliphatic carbocycles. The fraction of sp³-hybridized carbons (Fsp3) is 0.615. The first-order valence-electron chi connectivity index (χ1n) is 7.27. The molecule has 1 aromatic heterocycles. The van der Waals surface area contributed by atoms with Gasteiger partial charge in [-0.1, -0.05) is 0 Å². The maximum Gasteiger partial charge on any atom is 0.341 e. The van der Waals surface area contributed by atoms with Gasteiger partial charge in [0.2, 0.25) is 0 Å². The summed E-state index contributed by atoms with van der Waals surface area (Å²) in [5.41, 5.74) is 0.231. The molecule has 11 heteroatoms. The van der Waals surface area contributed by atoms with E-state index in [1.165, 1.54) is 19.4 Å². The monoisotopic (exact) mass is 442 g/mol. The highest BCUT2D eigenvalue weighted by atomic mass is 79.9. The van der Waals surface area contributed by atoms with Gasteiger partial charge < -0.3 is 13.6 Å². The molecule has 0 aliphatic heterocycles. The number of nitrogens with zero attached hydrogens (tertiary/aromatic N) is 2. The number of nitro groups is 1. The molecule has 1 unspecified atom stereocenters. The van der Waals surface area contributed by atoms with Crippen LogP contribution in [0, 0.1) is 10.1 Å². The molecule has 0 aliphatic rings. The summed E-state index contributed by atoms with van der Waals surface area (Å²) in [4.78, 5) is 14.3. The van der Waals surface area contributed by atoms with Crippen LogP contribution in [0.1, 0.15) is 19.4 Å². The van der Waals surface area contributed by atoms with Gasteiger partial charge in [0.05, 0.1) is 25.3 Å². The van der Waals surface area contributed by atoms with Gasteiger partial charge in [-0.05, 0) is 55.1 Å². The van der Waals surface area contributed by atoms with E-state index < -0.39 is 25.1 Å². The van der Waals surface area contributed by atoms with Crippen LogP contribution in [0.3, 0.4) is 0 Å². The maximum absolute atomic E-state index is 13.1. The Morgan fingerprint density at radius 3 is 2.25 bits per heavy atom. The van der Waals surface area contributed by atoms with Gasteiger partial charge in [0.1, 0.15) is 16.2 Å². The van der Waals surface area contributed by atoms with E-state index in [1.807, 2.05) is 0 Å². The molecule has 0 radical (unpaired) electrons. The van der Waals surface area contributed by atoms with Crippen LogP contribution in [-0.2, 0) is 24.6 Å². The summed E-state index contributed by atoms with van der Waals surface area (Å²) in [6.07, 6.45) is 1.14. The average Bonchev–Trinajstić information content (AvgIpc) is 2.45. The van der Waals surface area contributed by atoms with Crippen molar-refractivity contribution < 1.29 is 23.1 Å². The Hall–Kier alpha value is -0.590. The lowest BCUT2D eigenvalue weighted by Crippen LogP contribution is -2.17. The Balaban J connectivity index is 3.34. The van der Waals surface area contributed by atoms with Crippen molar-refractivity contribution in [1.82, 2.24) is 4.98 Å². The van der Waals surface area contributed by atoms with Crippen molar-refractivity contribution in [3.63, 3.8) is 0 Å². The van der Waals surface area contributed by atoms with Crippen molar-refractivity contribution in [2.45, 2.75) is 25.7 Å². The van der Waals surface area contributed by atoms with Crippen LogP contribution < -0.4 is 0 Å². The predicted octanol–water partition coefficient (Wildman–Crippen LogP) is 4.51. The third-order valence-electron chi connectivity index (χ3n) is 3.21. The molecule has 0 saturated carbocycles. The molecule has 1 rings (SSSR count). The second kappa shape index (κ2) is 8.68. The van der Waals surface area contributed by atoms with Crippen LogP contribution in [0.2, 0.25) is 0 Å². The summed E-state index contributed by atoms with van der Waals surface area (Å²) in [6, 6.07) is 1.32. The van der Waals surface area contributed by atoms with Gasteiger partial charge in [-0.2, -0.15) is 0 Å². The second-order valence-corrected chi connectivity index (χ2v) is 12.3. The lowest BCUT2D eigenvalue weighted by molar-refractivity contribution is -0.385. The Morgan fingerprint density at radius 2 is 1.83 bits per heavy atom. The molecule has 8 nitrogen and oxygen atoms in total. The lowest BCUT2D eigenvalue weighted by Gasteiger charge is -2.29. The van der Waals surface area contributed by atoms with E-state index in [2.05, 4.69) is 20.9 Å². The van der Waals surface area contributed by atoms with Crippen molar-refractivity contribution in [2.24, 2.45) is 0 Å². The van der Waals surface area contributed by atoms with E-state index in [-0.39, 0.29) is 25.3 Å². The Kier molecular flexibility index (Phi) is 7.75. The first kappa shape index (κ1) is 21.5. The third-order valence-corrected chi connectivity index (χ3v) is 10.2. The summed E-state index contributed by atoms with van der Waals surface area (Å²) in [7, 11) is -6.57. The van der Waals surface area contributed by atoms with Gasteiger partial charge >= 0.3 is 7.60 Å². The van der Waals surface area contributed by atoms with Crippen molar-refractivity contribution in [1.29, 1.82) is 0 Å². The molecular formula is C13H21BrN2O6P2. The van der Waals surface area contributed by atoms with E-state index in [4.69, 9.17) is 9.05 Å². The Bertz CT molecular complexity index is 683. The van der Waals surface area contributed by atoms with Crippen LogP contribution in [0.4, 0.5) is 5.69 Å². The summed E-state index contributed by atoms with van der Waals surface area (Å²) >= 11 is 3.22. The molecule has 1 atom stereocenters. The quantitative estimate of drug-likeness (QED) is 0.239. The van der Waals surface area contributed by atoms with Gasteiger partial charge in [0.25, 0.3) is 5.69 Å². The van der Waals surface area contributed by atoms with Gasteiger partial charge in [-0.3, -0.25) is 14.7 Å². The summed E-state index contributed by atoms with van der Waals surface area (Å²) < 4.78 is 36.9. The van der Waals surface area contributed by atoms with E-state index in [9.17, 15) is 19.2 Å². The number of rotatable bonds is 9. The molecule has 1 heterocycles. The van der Waals surface area contributed by atoms with Crippen molar-refractivity contribution >= 4 is 36.4 Å². The standard InChI is InChI=1S/C13H21BrN2O6P2/c1-5-21-24(20,22-6-2)12(23(3,4)19)8-10-7-11(16(17)18)9-15-13(10)14/h7,9,12H,5-6,8H2,1-4H3. The van der Waals surface area contributed by atoms with Gasteiger partial charge in [-0.25, -0.2) is 4.98 Å². The van der Waals surface area contributed by atoms with Crippen molar-refractivity contribution in [3.8, 4) is 0 Å². The zero-order chi connectivity index (χ0) is 18.5. The van der Waals surface area contributed by atoms with E-state index in [0.717, 1.165) is 6.20 Å². The van der Waals surface area contributed by atoms with Gasteiger partial charge in [0, 0.05) is 6.07 Å². The minimum Gasteiger partial charge on any atom is -0.323 e. The molecule has 0 spiro atoms. The topological polar surface area (TPSA) is 109 Å². The summed E-state index contributed by atoms with van der Waals surface area (Å²) in [5.74, 6) is 0. The number of halogens is 1. The number of aromatic nitrogens is 1. The molecule has 0 saturated heterocycles. The minimum atomic E-state index is -3.66. The molecular weight excluding hydrogens is 422 g/mol. The van der Waals surface area contributed by atoms with Gasteiger partial charge in [0.15, 0.2) is 0 Å². The van der Waals surface area contributed by atoms with Crippen LogP contribution in [-0.4, -0.2) is 41.9 Å². The van der Waals surface area contributed by atoms with E-state index in [0.29, 0.717) is 10.2 Å². The molecule has 0 N–H and O–H groups in total. The smallest absolute Gasteiger partial charge is 0.323 e. The predicted molar refractivity (Wildman–Crippen MR) is 96.4 cm³/mol. The molecule has 24 heavy (non-hydrogen) atoms. The Labute approximate surface area is 149 Å². The molecule has 136 valence electrons. The van der Waals surface area contributed by atoms with Crippen LogP contribution in [0.5, 0.6) is 0 Å². The number of pyridine rings is 1. The van der Waals surface area contributed by atoms with Gasteiger partial charge in [-0.15, -0.1) is 0 Å². The fourth-order valence-corrected chi connectivity index (χ4v) is 7.86. The normalized spacial score (nSPS) is 13.7. The highest BCUT2D eigenvalue weighted by Gasteiger charge is 2.43. The van der Waals surface area contributed by atoms with Crippen LogP contribution in [0.25, 0.3) is 0 Å². The highest BCUT2D eigenvalue weighted by molar-refractivity contribution is 9.10. The maximum atomic E-state index is 13.1. The lowest BCUT2D eigenvalue weighted by atomic mass is 10.2. The van der Waals surface area contributed by atoms with E-state index >= 15 is 0 Å². The molecule has 0 fully saturated rings. The summed E-state index contributed by atoms with van der Waals surface area (Å²) in [5, 5.41) is 10.0. The largest absolute Gasteiger partial charge is 0.341 e. The Morgan fingerprint density at radius 1 is 1.29 bits per heavy atom. The highest BCUT2D eigenvalue weighted by Crippen LogP contribution is 2.67. The molecule has 0 aromatic carbocycles. The van der Waals surface area contributed by atoms with Crippen LogP contribution >= 0.6 is 30.7 Å². The molecule has 0 amide bonds. The van der Waals surface area contributed by atoms with Crippen LogP contribution in [0.15, 0.2) is 16.9 Å². The zero-order valence-electron chi connectivity index (χ0n) is 14.0. The van der Waals surface area contributed by atoms with Crippen molar-refractivity contribution in [3.05, 3.63) is 32.5 Å². The first-order chi connectivity index (χ1) is 11.0. The number of hydrogen-bond donors (Lipinski definition) is 0. The SMILES string of the molecule is CCOP(=O)(OCC)C(Cc1cc([N+](=O)[O-])cnc1Br)P(C)(C)=O. The number of hydrogen-bond acceptors (Lipinski definition) is 7. The zero-order valence-corrected chi connectivity index (χ0v) is 17.3. The second-order valence-electron chi connectivity index (χ2n) is 5.39. The summed E-state index contributed by atoms with van der Waals surface area (Å²) in [6.45, 7) is 6.62. The average molecular weight is 443 g/mol.